The molecule has 4 nitrogen and oxygen atoms in total. The summed E-state index contributed by atoms with van der Waals surface area (Å²) in [4.78, 5) is 10.6. The Balaban J connectivity index is 1.44. The highest BCUT2D eigenvalue weighted by atomic mass is 15.1. The third kappa shape index (κ3) is 2.98. The fourth-order valence-corrected chi connectivity index (χ4v) is 7.94. The van der Waals surface area contributed by atoms with Crippen LogP contribution in [0, 0.1) is 0 Å². The Labute approximate surface area is 262 Å². The van der Waals surface area contributed by atoms with E-state index in [2.05, 4.69) is 130 Å². The van der Waals surface area contributed by atoms with Crippen LogP contribution in [-0.2, 0) is 0 Å². The molecule has 4 heterocycles. The lowest BCUT2D eigenvalue weighted by molar-refractivity contribution is 1.08. The van der Waals surface area contributed by atoms with Gasteiger partial charge in [-0.1, -0.05) is 109 Å². The Kier molecular flexibility index (Phi) is 4.55. The molecule has 4 heteroatoms. The summed E-state index contributed by atoms with van der Waals surface area (Å²) in [5.74, 6) is 0.836. The van der Waals surface area contributed by atoms with Gasteiger partial charge in [0, 0.05) is 37.9 Å². The highest BCUT2D eigenvalue weighted by Crippen LogP contribution is 2.48. The minimum atomic E-state index is 0.836. The number of fused-ring (bicyclic) bond motifs is 13. The zero-order chi connectivity index (χ0) is 29.9. The molecule has 0 aliphatic rings. The number of hydrogen-bond donors (Lipinski definition) is 0. The van der Waals surface area contributed by atoms with Crippen molar-refractivity contribution in [1.82, 2.24) is 18.9 Å². The van der Waals surface area contributed by atoms with Gasteiger partial charge in [-0.25, -0.2) is 9.97 Å². The first-order valence-corrected chi connectivity index (χ1v) is 15.7. The summed E-state index contributed by atoms with van der Waals surface area (Å²) in [6, 6.07) is 52.0. The summed E-state index contributed by atoms with van der Waals surface area (Å²) in [6.07, 6.45) is 0. The van der Waals surface area contributed by atoms with Gasteiger partial charge in [-0.05, 0) is 47.2 Å². The van der Waals surface area contributed by atoms with E-state index in [1.807, 2.05) is 24.3 Å². The van der Waals surface area contributed by atoms with E-state index in [1.165, 1.54) is 59.6 Å². The fourth-order valence-electron chi connectivity index (χ4n) is 7.94. The Bertz CT molecular complexity index is 3020. The van der Waals surface area contributed by atoms with E-state index in [-0.39, 0.29) is 0 Å². The van der Waals surface area contributed by atoms with Crippen molar-refractivity contribution in [3.63, 3.8) is 0 Å². The van der Waals surface area contributed by atoms with Crippen LogP contribution < -0.4 is 0 Å². The molecule has 0 radical (unpaired) electrons. The molecule has 0 aliphatic heterocycles. The number of rotatable bonds is 2. The zero-order valence-corrected chi connectivity index (χ0v) is 24.6. The van der Waals surface area contributed by atoms with E-state index in [9.17, 15) is 0 Å². The summed E-state index contributed by atoms with van der Waals surface area (Å²) >= 11 is 0. The Morgan fingerprint density at radius 1 is 0.413 bits per heavy atom. The van der Waals surface area contributed by atoms with Crippen molar-refractivity contribution >= 4 is 81.7 Å². The number of nitrogens with zero attached hydrogens (tertiary/aromatic N) is 4. The molecule has 212 valence electrons. The van der Waals surface area contributed by atoms with Gasteiger partial charge in [0.05, 0.1) is 38.6 Å². The molecule has 7 aromatic carbocycles. The molecule has 0 amide bonds. The fraction of sp³-hybridized carbons (Fsp3) is 0. The summed E-state index contributed by atoms with van der Waals surface area (Å²) in [7, 11) is 0. The van der Waals surface area contributed by atoms with Crippen LogP contribution in [0.4, 0.5) is 0 Å². The van der Waals surface area contributed by atoms with Crippen molar-refractivity contribution in [3.05, 3.63) is 146 Å². The molecule has 0 spiro atoms. The normalized spacial score (nSPS) is 12.3. The van der Waals surface area contributed by atoms with Gasteiger partial charge in [-0.3, -0.25) is 4.57 Å². The first kappa shape index (κ1) is 24.1. The Morgan fingerprint density at radius 2 is 1.07 bits per heavy atom. The third-order valence-electron chi connectivity index (χ3n) is 9.80. The molecule has 0 aliphatic carbocycles. The molecule has 0 saturated heterocycles. The topological polar surface area (TPSA) is 35.1 Å². The lowest BCUT2D eigenvalue weighted by Crippen LogP contribution is -2.03. The quantitative estimate of drug-likeness (QED) is 0.203. The van der Waals surface area contributed by atoms with Crippen molar-refractivity contribution in [1.29, 1.82) is 0 Å². The molecule has 0 fully saturated rings. The molecule has 4 aromatic heterocycles. The molecule has 11 aromatic rings. The predicted molar refractivity (Wildman–Crippen MR) is 191 cm³/mol. The van der Waals surface area contributed by atoms with Crippen LogP contribution in [0.5, 0.6) is 0 Å². The molecular weight excluding hydrogens is 560 g/mol. The number of hydrogen-bond acceptors (Lipinski definition) is 2. The summed E-state index contributed by atoms with van der Waals surface area (Å²) in [6.45, 7) is 0. The van der Waals surface area contributed by atoms with Crippen molar-refractivity contribution in [3.8, 4) is 17.1 Å². The maximum Gasteiger partial charge on any atom is 0.165 e. The SMILES string of the molecule is c1ccc(-c2nc3ccccc3nc2-n2c3ccccc3c3c4c5c6ccccc6ccc5n5c6ccccc6c(cc32)c45)cc1. The van der Waals surface area contributed by atoms with Gasteiger partial charge in [-0.2, -0.15) is 0 Å². The number of benzene rings is 7. The van der Waals surface area contributed by atoms with E-state index in [0.29, 0.717) is 0 Å². The van der Waals surface area contributed by atoms with E-state index < -0.39 is 0 Å². The van der Waals surface area contributed by atoms with Crippen LogP contribution in [0.1, 0.15) is 0 Å². The van der Waals surface area contributed by atoms with Crippen molar-refractivity contribution in [2.24, 2.45) is 0 Å². The van der Waals surface area contributed by atoms with Crippen LogP contribution in [-0.4, -0.2) is 18.9 Å². The first-order valence-electron chi connectivity index (χ1n) is 15.7. The van der Waals surface area contributed by atoms with Crippen LogP contribution >= 0.6 is 0 Å². The van der Waals surface area contributed by atoms with Crippen LogP contribution in [0.15, 0.2) is 146 Å². The minimum absolute atomic E-state index is 0.836. The van der Waals surface area contributed by atoms with Gasteiger partial charge in [0.25, 0.3) is 0 Å². The number of para-hydroxylation sites is 4. The lowest BCUT2D eigenvalue weighted by atomic mass is 9.98. The molecule has 0 saturated carbocycles. The van der Waals surface area contributed by atoms with Gasteiger partial charge < -0.3 is 4.40 Å². The molecule has 11 rings (SSSR count). The highest BCUT2D eigenvalue weighted by molar-refractivity contribution is 6.38. The maximum absolute atomic E-state index is 5.38. The highest BCUT2D eigenvalue weighted by Gasteiger charge is 2.26. The summed E-state index contributed by atoms with van der Waals surface area (Å²) < 4.78 is 4.84. The van der Waals surface area contributed by atoms with Crippen molar-refractivity contribution < 1.29 is 0 Å². The Hall–Kier alpha value is -6.26. The Morgan fingerprint density at radius 3 is 1.91 bits per heavy atom. The second-order valence-corrected chi connectivity index (χ2v) is 12.2. The molecule has 0 atom stereocenters. The maximum atomic E-state index is 5.38. The molecule has 0 bridgehead atoms. The molecule has 0 N–H and O–H groups in total. The molecule has 0 unspecified atom stereocenters. The second-order valence-electron chi connectivity index (χ2n) is 12.2. The smallest absolute Gasteiger partial charge is 0.165 e. The van der Waals surface area contributed by atoms with E-state index in [1.54, 1.807) is 0 Å². The average Bonchev–Trinajstić information content (AvgIpc) is 3.76. The summed E-state index contributed by atoms with van der Waals surface area (Å²) in [5, 5.41) is 10.1. The van der Waals surface area contributed by atoms with Crippen LogP contribution in [0.2, 0.25) is 0 Å². The largest absolute Gasteiger partial charge is 0.308 e. The third-order valence-corrected chi connectivity index (χ3v) is 9.80. The average molecular weight is 585 g/mol. The molecular formula is C42H24N4. The van der Waals surface area contributed by atoms with Crippen LogP contribution in [0.3, 0.4) is 0 Å². The molecule has 46 heavy (non-hydrogen) atoms. The second kappa shape index (κ2) is 8.68. The van der Waals surface area contributed by atoms with Crippen molar-refractivity contribution in [2.75, 3.05) is 0 Å². The van der Waals surface area contributed by atoms with Crippen molar-refractivity contribution in [2.45, 2.75) is 0 Å². The predicted octanol–water partition coefficient (Wildman–Crippen LogP) is 10.7. The van der Waals surface area contributed by atoms with E-state index >= 15 is 0 Å². The minimum Gasteiger partial charge on any atom is -0.308 e. The monoisotopic (exact) mass is 584 g/mol. The van der Waals surface area contributed by atoms with Crippen LogP contribution in [0.25, 0.3) is 98.8 Å². The number of aromatic nitrogens is 4. The van der Waals surface area contributed by atoms with Gasteiger partial charge in [0.2, 0.25) is 0 Å². The summed E-state index contributed by atoms with van der Waals surface area (Å²) in [5.41, 5.74) is 9.66. The van der Waals surface area contributed by atoms with E-state index in [0.717, 1.165) is 39.1 Å². The van der Waals surface area contributed by atoms with Gasteiger partial charge in [0.15, 0.2) is 5.82 Å². The van der Waals surface area contributed by atoms with Gasteiger partial charge in [-0.15, -0.1) is 0 Å². The zero-order valence-electron chi connectivity index (χ0n) is 24.6. The first-order chi connectivity index (χ1) is 22.8. The lowest BCUT2D eigenvalue weighted by Gasteiger charge is -2.14. The standard InChI is InChI=1S/C42H24N4/c1-2-13-26(14-3-1)40-42(44-32-19-9-8-18-31(32)43-40)46-34-21-11-7-17-29(34)38-36(46)24-30-28-16-6-10-20-33(28)45-35-23-22-25-12-4-5-15-27(25)37(35)39(38)41(30)45/h1-24H. The van der Waals surface area contributed by atoms with Gasteiger partial charge >= 0.3 is 0 Å². The van der Waals surface area contributed by atoms with Gasteiger partial charge in [0.1, 0.15) is 5.69 Å². The van der Waals surface area contributed by atoms with E-state index in [4.69, 9.17) is 9.97 Å².